The second-order valence-corrected chi connectivity index (χ2v) is 7.11. The summed E-state index contributed by atoms with van der Waals surface area (Å²) in [6.07, 6.45) is 3.33. The molecule has 2 aromatic rings. The molecule has 0 radical (unpaired) electrons. The fourth-order valence-electron chi connectivity index (χ4n) is 2.92. The van der Waals surface area contributed by atoms with Crippen molar-refractivity contribution in [3.63, 3.8) is 0 Å². The Morgan fingerprint density at radius 3 is 2.50 bits per heavy atom. The summed E-state index contributed by atoms with van der Waals surface area (Å²) < 4.78 is 5.55. The Labute approximate surface area is 145 Å². The summed E-state index contributed by atoms with van der Waals surface area (Å²) >= 11 is 1.31. The summed E-state index contributed by atoms with van der Waals surface area (Å²) in [6, 6.07) is 11.2. The molecule has 1 fully saturated rings. The van der Waals surface area contributed by atoms with Crippen molar-refractivity contribution in [2.45, 2.75) is 44.8 Å². The van der Waals surface area contributed by atoms with Crippen molar-refractivity contribution in [3.8, 4) is 0 Å². The summed E-state index contributed by atoms with van der Waals surface area (Å²) in [4.78, 5) is 25.5. The van der Waals surface area contributed by atoms with Gasteiger partial charge in [0, 0.05) is 11.6 Å². The Balaban J connectivity index is 1.78. The summed E-state index contributed by atoms with van der Waals surface area (Å²) in [5.41, 5.74) is 1.79. The van der Waals surface area contributed by atoms with E-state index in [1.54, 1.807) is 12.1 Å². The van der Waals surface area contributed by atoms with Crippen LogP contribution >= 0.6 is 11.3 Å². The number of hydrogen-bond donors (Lipinski definition) is 1. The van der Waals surface area contributed by atoms with Gasteiger partial charge in [-0.2, -0.15) is 0 Å². The summed E-state index contributed by atoms with van der Waals surface area (Å²) in [5.74, 6) is -0.701. The zero-order valence-corrected chi connectivity index (χ0v) is 14.5. The smallest absolute Gasteiger partial charge is 0.349 e. The van der Waals surface area contributed by atoms with Crippen molar-refractivity contribution in [1.82, 2.24) is 5.32 Å². The van der Waals surface area contributed by atoms with Gasteiger partial charge in [-0.1, -0.05) is 48.7 Å². The van der Waals surface area contributed by atoms with Gasteiger partial charge in [0.1, 0.15) is 4.88 Å². The zero-order valence-electron chi connectivity index (χ0n) is 13.7. The molecule has 1 aliphatic carbocycles. The molecule has 1 atom stereocenters. The normalized spacial score (nSPS) is 15.9. The monoisotopic (exact) mass is 343 g/mol. The maximum Gasteiger partial charge on any atom is 0.349 e. The van der Waals surface area contributed by atoms with Crippen molar-refractivity contribution >= 4 is 23.2 Å². The number of thiophene rings is 1. The molecular formula is C19H21NO3S. The number of esters is 1. The predicted octanol–water partition coefficient (Wildman–Crippen LogP) is 4.01. The van der Waals surface area contributed by atoms with Crippen molar-refractivity contribution < 1.29 is 14.3 Å². The minimum atomic E-state index is -0.916. The van der Waals surface area contributed by atoms with Crippen molar-refractivity contribution in [1.29, 1.82) is 0 Å². The van der Waals surface area contributed by atoms with Gasteiger partial charge in [-0.3, -0.25) is 4.79 Å². The highest BCUT2D eigenvalue weighted by atomic mass is 32.1. The fourth-order valence-corrected chi connectivity index (χ4v) is 3.53. The first-order valence-electron chi connectivity index (χ1n) is 8.25. The molecule has 1 heterocycles. The molecule has 1 unspecified atom stereocenters. The van der Waals surface area contributed by atoms with Crippen LogP contribution in [-0.4, -0.2) is 17.9 Å². The third-order valence-corrected chi connectivity index (χ3v) is 5.12. The highest BCUT2D eigenvalue weighted by molar-refractivity contribution is 7.11. The number of benzene rings is 1. The first-order valence-corrected chi connectivity index (χ1v) is 9.13. The van der Waals surface area contributed by atoms with E-state index < -0.39 is 12.1 Å². The first-order chi connectivity index (χ1) is 11.6. The lowest BCUT2D eigenvalue weighted by atomic mass is 10.1. The first kappa shape index (κ1) is 16.7. The maximum atomic E-state index is 12.7. The van der Waals surface area contributed by atoms with Gasteiger partial charge in [-0.15, -0.1) is 11.3 Å². The molecule has 1 aromatic carbocycles. The van der Waals surface area contributed by atoms with Crippen molar-refractivity contribution in [2.24, 2.45) is 0 Å². The van der Waals surface area contributed by atoms with E-state index in [2.05, 4.69) is 5.32 Å². The second kappa shape index (κ2) is 7.62. The highest BCUT2D eigenvalue weighted by Gasteiger charge is 2.28. The molecule has 0 saturated heterocycles. The Bertz CT molecular complexity index is 688. The number of rotatable bonds is 5. The fraction of sp³-hybridized carbons (Fsp3) is 0.368. The molecule has 126 valence electrons. The molecule has 3 rings (SSSR count). The van der Waals surface area contributed by atoms with Crippen LogP contribution in [0.4, 0.5) is 0 Å². The van der Waals surface area contributed by atoms with Crippen LogP contribution in [0.25, 0.3) is 0 Å². The third kappa shape index (κ3) is 4.03. The van der Waals surface area contributed by atoms with E-state index in [4.69, 9.17) is 4.74 Å². The molecule has 1 N–H and O–H groups in total. The molecule has 4 nitrogen and oxygen atoms in total. The zero-order chi connectivity index (χ0) is 16.9. The van der Waals surface area contributed by atoms with Crippen LogP contribution < -0.4 is 5.32 Å². The van der Waals surface area contributed by atoms with Crippen LogP contribution in [0.2, 0.25) is 0 Å². The molecule has 1 saturated carbocycles. The molecule has 1 amide bonds. The topological polar surface area (TPSA) is 55.4 Å². The van der Waals surface area contributed by atoms with E-state index in [0.29, 0.717) is 10.4 Å². The number of nitrogens with one attached hydrogen (secondary N) is 1. The lowest BCUT2D eigenvalue weighted by Gasteiger charge is -2.20. The molecule has 1 aromatic heterocycles. The molecule has 0 spiro atoms. The van der Waals surface area contributed by atoms with E-state index in [9.17, 15) is 9.59 Å². The van der Waals surface area contributed by atoms with Gasteiger partial charge < -0.3 is 10.1 Å². The molecule has 0 bridgehead atoms. The van der Waals surface area contributed by atoms with E-state index in [1.165, 1.54) is 11.3 Å². The van der Waals surface area contributed by atoms with E-state index in [0.717, 1.165) is 31.2 Å². The number of ether oxygens (including phenoxy) is 1. The minimum absolute atomic E-state index is 0.186. The largest absolute Gasteiger partial charge is 0.443 e. The van der Waals surface area contributed by atoms with E-state index >= 15 is 0 Å². The number of carbonyl (C=O) groups is 2. The van der Waals surface area contributed by atoms with Gasteiger partial charge in [-0.05, 0) is 31.2 Å². The van der Waals surface area contributed by atoms with Gasteiger partial charge in [-0.25, -0.2) is 4.79 Å². The van der Waals surface area contributed by atoms with Crippen molar-refractivity contribution in [2.75, 3.05) is 0 Å². The Morgan fingerprint density at radius 2 is 1.88 bits per heavy atom. The van der Waals surface area contributed by atoms with E-state index in [-0.39, 0.29) is 11.9 Å². The van der Waals surface area contributed by atoms with Crippen LogP contribution in [0, 0.1) is 6.92 Å². The number of aryl methyl sites for hydroxylation is 1. The van der Waals surface area contributed by atoms with Crippen molar-refractivity contribution in [3.05, 3.63) is 57.8 Å². The molecule has 1 aliphatic rings. The van der Waals surface area contributed by atoms with Crippen LogP contribution in [-0.2, 0) is 9.53 Å². The van der Waals surface area contributed by atoms with Gasteiger partial charge in [0.05, 0.1) is 0 Å². The average molecular weight is 343 g/mol. The van der Waals surface area contributed by atoms with Gasteiger partial charge in [0.25, 0.3) is 5.91 Å². The molecular weight excluding hydrogens is 322 g/mol. The summed E-state index contributed by atoms with van der Waals surface area (Å²) in [6.45, 7) is 1.98. The molecule has 5 heteroatoms. The SMILES string of the molecule is Cc1ccc(C(OC(=O)c2cccs2)C(=O)NC2CCCC2)cc1. The van der Waals surface area contributed by atoms with Crippen LogP contribution in [0.3, 0.4) is 0 Å². The Kier molecular flexibility index (Phi) is 5.30. The lowest BCUT2D eigenvalue weighted by molar-refractivity contribution is -0.131. The maximum absolute atomic E-state index is 12.7. The van der Waals surface area contributed by atoms with Crippen LogP contribution in [0.5, 0.6) is 0 Å². The number of hydrogen-bond acceptors (Lipinski definition) is 4. The van der Waals surface area contributed by atoms with E-state index in [1.807, 2.05) is 36.6 Å². The average Bonchev–Trinajstić information content (AvgIpc) is 3.27. The Hall–Kier alpha value is -2.14. The quantitative estimate of drug-likeness (QED) is 0.835. The van der Waals surface area contributed by atoms with Gasteiger partial charge in [0.2, 0.25) is 6.10 Å². The summed E-state index contributed by atoms with van der Waals surface area (Å²) in [7, 11) is 0. The van der Waals surface area contributed by atoms with Gasteiger partial charge >= 0.3 is 5.97 Å². The standard InChI is InChI=1S/C19H21NO3S/c1-13-8-10-14(11-9-13)17(18(21)20-15-5-2-3-6-15)23-19(22)16-7-4-12-24-16/h4,7-12,15,17H,2-3,5-6H2,1H3,(H,20,21). The third-order valence-electron chi connectivity index (χ3n) is 4.27. The molecule has 24 heavy (non-hydrogen) atoms. The predicted molar refractivity (Wildman–Crippen MR) is 94.1 cm³/mol. The molecule has 0 aliphatic heterocycles. The number of carbonyl (C=O) groups excluding carboxylic acids is 2. The minimum Gasteiger partial charge on any atom is -0.443 e. The highest BCUT2D eigenvalue weighted by Crippen LogP contribution is 2.24. The Morgan fingerprint density at radius 1 is 1.17 bits per heavy atom. The summed E-state index contributed by atoms with van der Waals surface area (Å²) in [5, 5.41) is 4.85. The lowest BCUT2D eigenvalue weighted by Crippen LogP contribution is -2.38. The van der Waals surface area contributed by atoms with Gasteiger partial charge in [0.15, 0.2) is 0 Å². The van der Waals surface area contributed by atoms with Crippen LogP contribution in [0.15, 0.2) is 41.8 Å². The number of amides is 1. The van der Waals surface area contributed by atoms with Crippen LogP contribution in [0.1, 0.15) is 52.6 Å². The second-order valence-electron chi connectivity index (χ2n) is 6.16.